The summed E-state index contributed by atoms with van der Waals surface area (Å²) in [6, 6.07) is 9.71. The Morgan fingerprint density at radius 3 is 2.48 bits per heavy atom. The number of nitrogens with zero attached hydrogens (tertiary/aromatic N) is 1. The molecule has 0 atom stereocenters. The van der Waals surface area contributed by atoms with Gasteiger partial charge in [0.25, 0.3) is 10.0 Å². The number of carbonyl (C=O) groups is 1. The summed E-state index contributed by atoms with van der Waals surface area (Å²) in [6.45, 7) is 2.07. The second kappa shape index (κ2) is 5.71. The van der Waals surface area contributed by atoms with Crippen LogP contribution >= 0.6 is 0 Å². The van der Waals surface area contributed by atoms with Gasteiger partial charge >= 0.3 is 5.97 Å². The third kappa shape index (κ3) is 3.14. The van der Waals surface area contributed by atoms with Crippen LogP contribution in [0.5, 0.6) is 0 Å². The molecule has 21 heavy (non-hydrogen) atoms. The van der Waals surface area contributed by atoms with Crippen molar-refractivity contribution in [2.45, 2.75) is 18.6 Å². The van der Waals surface area contributed by atoms with Crippen molar-refractivity contribution in [3.8, 4) is 0 Å². The lowest BCUT2D eigenvalue weighted by atomic mass is 10.1. The van der Waals surface area contributed by atoms with Gasteiger partial charge in [0.2, 0.25) is 10.9 Å². The maximum atomic E-state index is 12.3. The van der Waals surface area contributed by atoms with Crippen LogP contribution in [0.3, 0.4) is 0 Å². The van der Waals surface area contributed by atoms with E-state index in [9.17, 15) is 13.2 Å². The zero-order valence-electron chi connectivity index (χ0n) is 11.6. The third-order valence-electron chi connectivity index (χ3n) is 3.11. The van der Waals surface area contributed by atoms with Gasteiger partial charge in [0.15, 0.2) is 0 Å². The second-order valence-electron chi connectivity index (χ2n) is 4.61. The molecule has 0 spiro atoms. The van der Waals surface area contributed by atoms with Crippen molar-refractivity contribution in [2.24, 2.45) is 0 Å². The van der Waals surface area contributed by atoms with E-state index < -0.39 is 21.8 Å². The third-order valence-corrected chi connectivity index (χ3v) is 4.79. The molecular weight excluding hydrogens is 294 g/mol. The Morgan fingerprint density at radius 1 is 1.24 bits per heavy atom. The summed E-state index contributed by atoms with van der Waals surface area (Å²) < 4.78 is 30.6. The molecule has 0 bridgehead atoms. The Labute approximate surface area is 122 Å². The monoisotopic (exact) mass is 309 g/mol. The molecule has 0 unspecified atom stereocenters. The molecule has 0 aliphatic heterocycles. The fourth-order valence-corrected chi connectivity index (χ4v) is 2.89. The van der Waals surface area contributed by atoms with Crippen molar-refractivity contribution in [1.29, 1.82) is 0 Å². The highest BCUT2D eigenvalue weighted by Crippen LogP contribution is 2.20. The Balaban J connectivity index is 2.26. The zero-order valence-corrected chi connectivity index (χ0v) is 12.4. The van der Waals surface area contributed by atoms with Crippen LogP contribution in [-0.2, 0) is 16.6 Å². The smallest absolute Gasteiger partial charge is 0.371 e. The maximum Gasteiger partial charge on any atom is 0.371 e. The number of hydrogen-bond donors (Lipinski definition) is 1. The van der Waals surface area contributed by atoms with E-state index in [1.807, 2.05) is 31.2 Å². The summed E-state index contributed by atoms with van der Waals surface area (Å²) in [5.41, 5.74) is 1.85. The van der Waals surface area contributed by atoms with Gasteiger partial charge in [-0.2, -0.15) is 4.31 Å². The van der Waals surface area contributed by atoms with E-state index in [1.165, 1.54) is 7.05 Å². The highest BCUT2D eigenvalue weighted by molar-refractivity contribution is 7.88. The first-order chi connectivity index (χ1) is 9.82. The molecule has 6 nitrogen and oxygen atoms in total. The number of carboxylic acids is 1. The lowest BCUT2D eigenvalue weighted by molar-refractivity contribution is 0.0656. The van der Waals surface area contributed by atoms with Gasteiger partial charge < -0.3 is 9.52 Å². The van der Waals surface area contributed by atoms with Crippen LogP contribution in [0.1, 0.15) is 21.7 Å². The molecular formula is C14H15NO5S. The molecule has 0 radical (unpaired) electrons. The van der Waals surface area contributed by atoms with E-state index in [0.29, 0.717) is 0 Å². The normalized spacial score (nSPS) is 11.8. The number of benzene rings is 1. The molecule has 1 N–H and O–H groups in total. The first kappa shape index (κ1) is 15.3. The number of furan rings is 1. The summed E-state index contributed by atoms with van der Waals surface area (Å²) in [4.78, 5) is 10.7. The van der Waals surface area contributed by atoms with Gasteiger partial charge in [-0.15, -0.1) is 0 Å². The summed E-state index contributed by atoms with van der Waals surface area (Å²) >= 11 is 0. The molecule has 0 amide bonds. The molecule has 2 aromatic rings. The summed E-state index contributed by atoms with van der Waals surface area (Å²) in [5, 5.41) is 8.39. The first-order valence-corrected chi connectivity index (χ1v) is 7.60. The van der Waals surface area contributed by atoms with Crippen molar-refractivity contribution >= 4 is 16.0 Å². The van der Waals surface area contributed by atoms with Crippen LogP contribution in [0, 0.1) is 6.92 Å². The van der Waals surface area contributed by atoms with E-state index in [-0.39, 0.29) is 11.6 Å². The summed E-state index contributed by atoms with van der Waals surface area (Å²) in [6.07, 6.45) is 0. The SMILES string of the molecule is Cc1ccccc1CN(C)S(=O)(=O)c1ccc(C(=O)O)o1. The predicted molar refractivity (Wildman–Crippen MR) is 75.5 cm³/mol. The van der Waals surface area contributed by atoms with Crippen molar-refractivity contribution in [1.82, 2.24) is 4.31 Å². The molecule has 1 aromatic heterocycles. The molecule has 112 valence electrons. The predicted octanol–water partition coefficient (Wildman–Crippen LogP) is 2.11. The molecule has 0 aliphatic rings. The number of hydrogen-bond acceptors (Lipinski definition) is 4. The Kier molecular flexibility index (Phi) is 4.15. The van der Waals surface area contributed by atoms with Crippen LogP contribution < -0.4 is 0 Å². The molecule has 0 aliphatic carbocycles. The molecule has 7 heteroatoms. The molecule has 0 saturated heterocycles. The maximum absolute atomic E-state index is 12.3. The van der Waals surface area contributed by atoms with E-state index in [0.717, 1.165) is 27.6 Å². The average molecular weight is 309 g/mol. The molecule has 1 heterocycles. The van der Waals surface area contributed by atoms with Crippen LogP contribution in [-0.4, -0.2) is 30.8 Å². The lowest BCUT2D eigenvalue weighted by Crippen LogP contribution is -2.26. The Morgan fingerprint density at radius 2 is 1.90 bits per heavy atom. The van der Waals surface area contributed by atoms with Gasteiger partial charge in [0.1, 0.15) is 0 Å². The minimum Gasteiger partial charge on any atom is -0.475 e. The van der Waals surface area contributed by atoms with E-state index in [1.54, 1.807) is 0 Å². The first-order valence-electron chi connectivity index (χ1n) is 6.16. The number of aromatic carboxylic acids is 1. The quantitative estimate of drug-likeness (QED) is 0.914. The molecule has 1 aromatic carbocycles. The van der Waals surface area contributed by atoms with Crippen molar-refractivity contribution in [2.75, 3.05) is 7.05 Å². The zero-order chi connectivity index (χ0) is 15.6. The van der Waals surface area contributed by atoms with Gasteiger partial charge in [0, 0.05) is 13.6 Å². The number of rotatable bonds is 5. The molecule has 0 saturated carbocycles. The van der Waals surface area contributed by atoms with E-state index in [2.05, 4.69) is 0 Å². The minimum absolute atomic E-state index is 0.179. The number of sulfonamides is 1. The summed E-state index contributed by atoms with van der Waals surface area (Å²) in [7, 11) is -2.44. The summed E-state index contributed by atoms with van der Waals surface area (Å²) in [5.74, 6) is -1.71. The van der Waals surface area contributed by atoms with Gasteiger partial charge in [-0.3, -0.25) is 0 Å². The van der Waals surface area contributed by atoms with Gasteiger partial charge in [-0.25, -0.2) is 13.2 Å². The van der Waals surface area contributed by atoms with Crippen LogP contribution in [0.2, 0.25) is 0 Å². The van der Waals surface area contributed by atoms with Gasteiger partial charge in [-0.05, 0) is 30.2 Å². The minimum atomic E-state index is -3.86. The van der Waals surface area contributed by atoms with E-state index in [4.69, 9.17) is 9.52 Å². The highest BCUT2D eigenvalue weighted by atomic mass is 32.2. The van der Waals surface area contributed by atoms with Crippen LogP contribution in [0.4, 0.5) is 0 Å². The number of carboxylic acid groups (broad SMARTS) is 1. The standard InChI is InChI=1S/C14H15NO5S/c1-10-5-3-4-6-11(10)9-15(2)21(18,19)13-8-7-12(20-13)14(16)17/h3-8H,9H2,1-2H3,(H,16,17). The topological polar surface area (TPSA) is 87.8 Å². The van der Waals surface area contributed by atoms with Crippen molar-refractivity contribution < 1.29 is 22.7 Å². The van der Waals surface area contributed by atoms with Gasteiger partial charge in [-0.1, -0.05) is 24.3 Å². The fourth-order valence-electron chi connectivity index (χ4n) is 1.84. The Bertz CT molecular complexity index is 763. The molecule has 2 rings (SSSR count). The van der Waals surface area contributed by atoms with E-state index >= 15 is 0 Å². The Hall–Kier alpha value is -2.12. The lowest BCUT2D eigenvalue weighted by Gasteiger charge is -2.16. The number of aryl methyl sites for hydroxylation is 1. The van der Waals surface area contributed by atoms with Crippen LogP contribution in [0.25, 0.3) is 0 Å². The van der Waals surface area contributed by atoms with Gasteiger partial charge in [0.05, 0.1) is 0 Å². The van der Waals surface area contributed by atoms with Crippen molar-refractivity contribution in [3.63, 3.8) is 0 Å². The largest absolute Gasteiger partial charge is 0.475 e. The fraction of sp³-hybridized carbons (Fsp3) is 0.214. The highest BCUT2D eigenvalue weighted by Gasteiger charge is 2.26. The average Bonchev–Trinajstić information content (AvgIpc) is 2.91. The van der Waals surface area contributed by atoms with Crippen molar-refractivity contribution in [3.05, 3.63) is 53.3 Å². The second-order valence-corrected chi connectivity index (χ2v) is 6.59. The van der Waals surface area contributed by atoms with Crippen LogP contribution in [0.15, 0.2) is 45.9 Å². The molecule has 0 fully saturated rings.